The first-order chi connectivity index (χ1) is 9.34. The molecule has 0 aliphatic carbocycles. The average Bonchev–Trinajstić information content (AvgIpc) is 3.06. The summed E-state index contributed by atoms with van der Waals surface area (Å²) in [6, 6.07) is 11.1. The van der Waals surface area contributed by atoms with Crippen LogP contribution in [-0.2, 0) is 9.47 Å². The Kier molecular flexibility index (Phi) is 4.16. The third kappa shape index (κ3) is 2.99. The molecule has 0 bridgehead atoms. The Morgan fingerprint density at radius 1 is 1.11 bits per heavy atom. The standard InChI is InChI=1S/C16H23NO2/c1-12-15(8-10-18-12)17-11-14-7-9-19-16(14)13-5-3-2-4-6-13/h2-6,12,14-17H,7-11H2,1H3/t12-,14+,15+,16+/m0/s1. The monoisotopic (exact) mass is 261 g/mol. The summed E-state index contributed by atoms with van der Waals surface area (Å²) in [5, 5.41) is 3.67. The molecule has 2 heterocycles. The van der Waals surface area contributed by atoms with Gasteiger partial charge in [0.05, 0.1) is 12.2 Å². The van der Waals surface area contributed by atoms with Crippen LogP contribution in [0.1, 0.15) is 31.4 Å². The van der Waals surface area contributed by atoms with E-state index in [1.165, 1.54) is 5.56 Å². The van der Waals surface area contributed by atoms with Gasteiger partial charge in [-0.25, -0.2) is 0 Å². The van der Waals surface area contributed by atoms with Crippen LogP contribution >= 0.6 is 0 Å². The molecule has 19 heavy (non-hydrogen) atoms. The molecule has 2 aliphatic rings. The average molecular weight is 261 g/mol. The van der Waals surface area contributed by atoms with E-state index in [0.29, 0.717) is 18.1 Å². The maximum atomic E-state index is 5.92. The highest BCUT2D eigenvalue weighted by Crippen LogP contribution is 2.34. The molecule has 0 saturated carbocycles. The number of hydrogen-bond acceptors (Lipinski definition) is 3. The largest absolute Gasteiger partial charge is 0.377 e. The minimum absolute atomic E-state index is 0.256. The molecular formula is C16H23NO2. The first-order valence-electron chi connectivity index (χ1n) is 7.36. The van der Waals surface area contributed by atoms with Crippen molar-refractivity contribution in [2.75, 3.05) is 19.8 Å². The fourth-order valence-electron chi connectivity index (χ4n) is 3.16. The summed E-state index contributed by atoms with van der Waals surface area (Å²) in [4.78, 5) is 0. The zero-order chi connectivity index (χ0) is 13.1. The van der Waals surface area contributed by atoms with Crippen LogP contribution in [0.5, 0.6) is 0 Å². The van der Waals surface area contributed by atoms with Crippen molar-refractivity contribution in [3.63, 3.8) is 0 Å². The highest BCUT2D eigenvalue weighted by molar-refractivity contribution is 5.19. The maximum Gasteiger partial charge on any atom is 0.0866 e. The second-order valence-corrected chi connectivity index (χ2v) is 5.63. The van der Waals surface area contributed by atoms with Crippen molar-refractivity contribution in [1.29, 1.82) is 0 Å². The number of benzene rings is 1. The second-order valence-electron chi connectivity index (χ2n) is 5.63. The molecule has 104 valence electrons. The molecule has 3 nitrogen and oxygen atoms in total. The zero-order valence-electron chi connectivity index (χ0n) is 11.5. The summed E-state index contributed by atoms with van der Waals surface area (Å²) in [6.07, 6.45) is 2.88. The number of nitrogens with one attached hydrogen (secondary N) is 1. The predicted molar refractivity (Wildman–Crippen MR) is 75.1 cm³/mol. The molecule has 0 amide bonds. The van der Waals surface area contributed by atoms with Gasteiger partial charge in [0.1, 0.15) is 0 Å². The van der Waals surface area contributed by atoms with E-state index in [1.807, 2.05) is 0 Å². The molecule has 1 aromatic carbocycles. The predicted octanol–water partition coefficient (Wildman–Crippen LogP) is 2.53. The van der Waals surface area contributed by atoms with Gasteiger partial charge in [-0.2, -0.15) is 0 Å². The van der Waals surface area contributed by atoms with E-state index in [9.17, 15) is 0 Å². The molecule has 0 spiro atoms. The normalized spacial score (nSPS) is 34.8. The van der Waals surface area contributed by atoms with E-state index >= 15 is 0 Å². The number of rotatable bonds is 4. The molecule has 0 radical (unpaired) electrons. The fraction of sp³-hybridized carbons (Fsp3) is 0.625. The van der Waals surface area contributed by atoms with E-state index in [0.717, 1.165) is 32.6 Å². The lowest BCUT2D eigenvalue weighted by atomic mass is 9.95. The minimum atomic E-state index is 0.256. The molecule has 2 saturated heterocycles. The summed E-state index contributed by atoms with van der Waals surface area (Å²) in [6.45, 7) is 4.95. The molecule has 3 rings (SSSR count). The van der Waals surface area contributed by atoms with Gasteiger partial charge < -0.3 is 14.8 Å². The number of hydrogen-bond donors (Lipinski definition) is 1. The fourth-order valence-corrected chi connectivity index (χ4v) is 3.16. The summed E-state index contributed by atoms with van der Waals surface area (Å²) in [5.74, 6) is 0.579. The van der Waals surface area contributed by atoms with Crippen LogP contribution in [-0.4, -0.2) is 31.9 Å². The Morgan fingerprint density at radius 3 is 2.63 bits per heavy atom. The maximum absolute atomic E-state index is 5.92. The first-order valence-corrected chi connectivity index (χ1v) is 7.36. The van der Waals surface area contributed by atoms with Crippen molar-refractivity contribution < 1.29 is 9.47 Å². The summed E-state index contributed by atoms with van der Waals surface area (Å²) < 4.78 is 11.5. The van der Waals surface area contributed by atoms with Crippen LogP contribution in [0.15, 0.2) is 30.3 Å². The van der Waals surface area contributed by atoms with E-state index in [-0.39, 0.29) is 6.10 Å². The summed E-state index contributed by atoms with van der Waals surface area (Å²) in [7, 11) is 0. The van der Waals surface area contributed by atoms with Gasteiger partial charge in [0.15, 0.2) is 0 Å². The van der Waals surface area contributed by atoms with Crippen molar-refractivity contribution in [3.05, 3.63) is 35.9 Å². The van der Waals surface area contributed by atoms with Gasteiger partial charge in [-0.1, -0.05) is 30.3 Å². The minimum Gasteiger partial charge on any atom is -0.377 e. The van der Waals surface area contributed by atoms with Gasteiger partial charge in [-0.05, 0) is 25.3 Å². The van der Waals surface area contributed by atoms with Crippen LogP contribution in [0.25, 0.3) is 0 Å². The Balaban J connectivity index is 1.58. The summed E-state index contributed by atoms with van der Waals surface area (Å²) in [5.41, 5.74) is 1.31. The molecular weight excluding hydrogens is 238 g/mol. The first kappa shape index (κ1) is 13.1. The zero-order valence-corrected chi connectivity index (χ0v) is 11.5. The van der Waals surface area contributed by atoms with Gasteiger partial charge in [0.2, 0.25) is 0 Å². The molecule has 3 heteroatoms. The highest BCUT2D eigenvalue weighted by atomic mass is 16.5. The third-order valence-corrected chi connectivity index (χ3v) is 4.36. The van der Waals surface area contributed by atoms with E-state index < -0.39 is 0 Å². The van der Waals surface area contributed by atoms with Gasteiger partial charge in [-0.3, -0.25) is 0 Å². The van der Waals surface area contributed by atoms with Crippen molar-refractivity contribution >= 4 is 0 Å². The van der Waals surface area contributed by atoms with E-state index in [4.69, 9.17) is 9.47 Å². The molecule has 1 aromatic rings. The van der Waals surface area contributed by atoms with Crippen LogP contribution in [0.3, 0.4) is 0 Å². The smallest absolute Gasteiger partial charge is 0.0866 e. The third-order valence-electron chi connectivity index (χ3n) is 4.36. The van der Waals surface area contributed by atoms with Gasteiger partial charge in [0, 0.05) is 31.7 Å². The number of ether oxygens (including phenoxy) is 2. The highest BCUT2D eigenvalue weighted by Gasteiger charge is 2.31. The van der Waals surface area contributed by atoms with Gasteiger partial charge in [-0.15, -0.1) is 0 Å². The molecule has 2 aliphatic heterocycles. The van der Waals surface area contributed by atoms with Crippen LogP contribution in [0.4, 0.5) is 0 Å². The SMILES string of the molecule is C[C@@H]1OCC[C@H]1NC[C@H]1CCO[C@@H]1c1ccccc1. The van der Waals surface area contributed by atoms with Crippen molar-refractivity contribution in [3.8, 4) is 0 Å². The molecule has 1 N–H and O–H groups in total. The lowest BCUT2D eigenvalue weighted by molar-refractivity contribution is 0.0862. The molecule has 0 unspecified atom stereocenters. The van der Waals surface area contributed by atoms with Crippen molar-refractivity contribution in [2.45, 2.75) is 38.0 Å². The molecule has 0 aromatic heterocycles. The van der Waals surface area contributed by atoms with E-state index in [1.54, 1.807) is 0 Å². The van der Waals surface area contributed by atoms with Crippen LogP contribution in [0, 0.1) is 5.92 Å². The lowest BCUT2D eigenvalue weighted by Crippen LogP contribution is -2.38. The van der Waals surface area contributed by atoms with Crippen LogP contribution < -0.4 is 5.32 Å². The summed E-state index contributed by atoms with van der Waals surface area (Å²) >= 11 is 0. The van der Waals surface area contributed by atoms with Crippen LogP contribution in [0.2, 0.25) is 0 Å². The molecule has 4 atom stereocenters. The Labute approximate surface area is 115 Å². The Bertz CT molecular complexity index is 395. The van der Waals surface area contributed by atoms with Gasteiger partial charge >= 0.3 is 0 Å². The van der Waals surface area contributed by atoms with Gasteiger partial charge in [0.25, 0.3) is 0 Å². The van der Waals surface area contributed by atoms with E-state index in [2.05, 4.69) is 42.6 Å². The lowest BCUT2D eigenvalue weighted by Gasteiger charge is -2.23. The quantitative estimate of drug-likeness (QED) is 0.903. The molecule has 2 fully saturated rings. The second kappa shape index (κ2) is 6.04. The Hall–Kier alpha value is -0.900. The Morgan fingerprint density at radius 2 is 1.89 bits per heavy atom. The topological polar surface area (TPSA) is 30.5 Å². The van der Waals surface area contributed by atoms with Crippen molar-refractivity contribution in [2.24, 2.45) is 5.92 Å². The van der Waals surface area contributed by atoms with Crippen molar-refractivity contribution in [1.82, 2.24) is 5.32 Å².